The third kappa shape index (κ3) is 6.60. The van der Waals surface area contributed by atoms with E-state index in [1.807, 2.05) is 6.92 Å². The van der Waals surface area contributed by atoms with E-state index in [0.29, 0.717) is 28.2 Å². The fourth-order valence-corrected chi connectivity index (χ4v) is 5.12. The molecule has 1 fully saturated rings. The quantitative estimate of drug-likeness (QED) is 0.238. The first-order valence-corrected chi connectivity index (χ1v) is 13.1. The SMILES string of the molecule is CCCN1CCN(c2cc(C)c3nc(-c4c(NC[C@@H](O)c5cccc(C#N)c5)cc[nH]c4=O)[nH]c3c2)CC1.Cl.Cl. The zero-order valence-corrected chi connectivity index (χ0v) is 24.2. The van der Waals surface area contributed by atoms with Crippen molar-refractivity contribution in [2.24, 2.45) is 0 Å². The molecule has 2 aromatic heterocycles. The van der Waals surface area contributed by atoms with Crippen LogP contribution < -0.4 is 15.8 Å². The number of H-pyrrole nitrogens is 2. The molecule has 1 atom stereocenters. The van der Waals surface area contributed by atoms with Crippen LogP contribution in [0.1, 0.15) is 36.1 Å². The zero-order valence-electron chi connectivity index (χ0n) is 22.6. The number of pyridine rings is 1. The number of benzene rings is 2. The van der Waals surface area contributed by atoms with Gasteiger partial charge in [0.05, 0.1) is 34.5 Å². The number of hydrogen-bond donors (Lipinski definition) is 4. The average Bonchev–Trinajstić information content (AvgIpc) is 3.36. The van der Waals surface area contributed by atoms with E-state index in [1.165, 1.54) is 6.42 Å². The number of nitrogens with one attached hydrogen (secondary N) is 3. The number of nitrogens with zero attached hydrogens (tertiary/aromatic N) is 4. The van der Waals surface area contributed by atoms with Crippen molar-refractivity contribution in [3.05, 3.63) is 75.7 Å². The van der Waals surface area contributed by atoms with Crippen LogP contribution in [0.3, 0.4) is 0 Å². The Hall–Kier alpha value is -3.55. The van der Waals surface area contributed by atoms with Crippen LogP contribution in [0, 0.1) is 18.3 Å². The first kappa shape index (κ1) is 31.0. The molecule has 0 bridgehead atoms. The van der Waals surface area contributed by atoms with Gasteiger partial charge in [-0.3, -0.25) is 9.69 Å². The van der Waals surface area contributed by atoms with E-state index in [0.717, 1.165) is 55.0 Å². The van der Waals surface area contributed by atoms with Gasteiger partial charge < -0.3 is 25.3 Å². The molecule has 11 heteroatoms. The molecular weight excluding hydrogens is 549 g/mol. The molecule has 4 N–H and O–H groups in total. The number of aliphatic hydroxyl groups is 1. The van der Waals surface area contributed by atoms with Gasteiger partial charge in [-0.05, 0) is 61.3 Å². The van der Waals surface area contributed by atoms with Gasteiger partial charge in [0.1, 0.15) is 11.4 Å². The van der Waals surface area contributed by atoms with Gasteiger partial charge in [0.2, 0.25) is 0 Å². The number of imidazole rings is 1. The zero-order chi connectivity index (χ0) is 26.6. The normalized spacial score (nSPS) is 14.2. The van der Waals surface area contributed by atoms with Crippen LogP contribution in [0.15, 0.2) is 53.5 Å². The highest BCUT2D eigenvalue weighted by atomic mass is 35.5. The Morgan fingerprint density at radius 3 is 2.65 bits per heavy atom. The fraction of sp³-hybridized carbons (Fsp3) is 0.345. The fourth-order valence-electron chi connectivity index (χ4n) is 5.12. The van der Waals surface area contributed by atoms with Crippen molar-refractivity contribution in [2.75, 3.05) is 49.5 Å². The van der Waals surface area contributed by atoms with Crippen LogP contribution in [0.5, 0.6) is 0 Å². The molecule has 1 saturated heterocycles. The molecule has 3 heterocycles. The van der Waals surface area contributed by atoms with E-state index in [2.05, 4.69) is 50.2 Å². The molecule has 1 aliphatic heterocycles. The first-order valence-electron chi connectivity index (χ1n) is 13.1. The molecule has 1 aliphatic rings. The molecule has 0 radical (unpaired) electrons. The summed E-state index contributed by atoms with van der Waals surface area (Å²) in [6.45, 7) is 9.65. The van der Waals surface area contributed by atoms with Crippen LogP contribution in [-0.2, 0) is 0 Å². The van der Waals surface area contributed by atoms with Gasteiger partial charge in [-0.25, -0.2) is 4.98 Å². The lowest BCUT2D eigenvalue weighted by atomic mass is 10.1. The number of hydrogen-bond acceptors (Lipinski definition) is 7. The monoisotopic (exact) mass is 583 g/mol. The minimum atomic E-state index is -0.853. The molecule has 0 unspecified atom stereocenters. The lowest BCUT2D eigenvalue weighted by molar-refractivity contribution is 0.191. The van der Waals surface area contributed by atoms with Crippen LogP contribution in [0.4, 0.5) is 11.4 Å². The Morgan fingerprint density at radius 1 is 1.15 bits per heavy atom. The maximum atomic E-state index is 12.9. The summed E-state index contributed by atoms with van der Waals surface area (Å²) in [5.41, 5.74) is 5.70. The maximum Gasteiger partial charge on any atom is 0.261 e. The second kappa shape index (κ2) is 13.7. The summed E-state index contributed by atoms with van der Waals surface area (Å²) in [5, 5.41) is 23.0. The number of anilines is 2. The number of aryl methyl sites for hydroxylation is 1. The third-order valence-electron chi connectivity index (χ3n) is 7.12. The second-order valence-corrected chi connectivity index (χ2v) is 9.80. The average molecular weight is 585 g/mol. The maximum absolute atomic E-state index is 12.9. The molecule has 212 valence electrons. The Morgan fingerprint density at radius 2 is 1.93 bits per heavy atom. The summed E-state index contributed by atoms with van der Waals surface area (Å²) in [7, 11) is 0. The smallest absolute Gasteiger partial charge is 0.261 e. The third-order valence-corrected chi connectivity index (χ3v) is 7.12. The van der Waals surface area contributed by atoms with Crippen molar-refractivity contribution in [2.45, 2.75) is 26.4 Å². The van der Waals surface area contributed by atoms with Gasteiger partial charge in [-0.15, -0.1) is 24.8 Å². The molecule has 0 aliphatic carbocycles. The summed E-state index contributed by atoms with van der Waals surface area (Å²) in [6.07, 6.45) is 1.89. The molecule has 0 saturated carbocycles. The van der Waals surface area contributed by atoms with E-state index in [1.54, 1.807) is 36.5 Å². The lowest BCUT2D eigenvalue weighted by Gasteiger charge is -2.36. The van der Waals surface area contributed by atoms with Crippen molar-refractivity contribution in [1.82, 2.24) is 19.9 Å². The number of nitriles is 1. The minimum absolute atomic E-state index is 0. The molecular formula is C29H35Cl2N7O2. The summed E-state index contributed by atoms with van der Waals surface area (Å²) >= 11 is 0. The number of rotatable bonds is 8. The molecule has 40 heavy (non-hydrogen) atoms. The van der Waals surface area contributed by atoms with Gasteiger partial charge in [0.15, 0.2) is 0 Å². The number of halogens is 2. The van der Waals surface area contributed by atoms with Crippen LogP contribution in [-0.4, -0.2) is 64.2 Å². The van der Waals surface area contributed by atoms with Crippen molar-refractivity contribution in [3.63, 3.8) is 0 Å². The van der Waals surface area contributed by atoms with Gasteiger partial charge in [0.25, 0.3) is 5.56 Å². The molecule has 0 spiro atoms. The van der Waals surface area contributed by atoms with Crippen molar-refractivity contribution >= 4 is 47.2 Å². The van der Waals surface area contributed by atoms with Crippen LogP contribution in [0.2, 0.25) is 0 Å². The lowest BCUT2D eigenvalue weighted by Crippen LogP contribution is -2.46. The standard InChI is InChI=1S/C29H33N7O2.2ClH/c1-3-9-35-10-12-36(13-11-35)22-14-19(2)27-24(16-22)33-28(34-27)26-23(7-8-31-29(26)38)32-18-25(37)21-6-4-5-20(15-21)17-30;;/h4-8,14-16,25,37H,3,9-13,18H2,1-2H3,(H,33,34)(H2,31,32,38);2*1H/t25-;;/m1../s1. The summed E-state index contributed by atoms with van der Waals surface area (Å²) < 4.78 is 0. The van der Waals surface area contributed by atoms with Gasteiger partial charge in [-0.2, -0.15) is 5.26 Å². The molecule has 4 aromatic rings. The number of piperazine rings is 1. The van der Waals surface area contributed by atoms with Gasteiger partial charge in [0, 0.05) is 44.6 Å². The largest absolute Gasteiger partial charge is 0.387 e. The molecule has 5 rings (SSSR count). The minimum Gasteiger partial charge on any atom is -0.387 e. The van der Waals surface area contributed by atoms with Crippen molar-refractivity contribution in [1.29, 1.82) is 5.26 Å². The highest BCUT2D eigenvalue weighted by Gasteiger charge is 2.20. The summed E-state index contributed by atoms with van der Waals surface area (Å²) in [6, 6.07) is 15.0. The Balaban J connectivity index is 0.00000220. The Kier molecular flexibility index (Phi) is 10.6. The van der Waals surface area contributed by atoms with Crippen molar-refractivity contribution < 1.29 is 5.11 Å². The van der Waals surface area contributed by atoms with E-state index < -0.39 is 6.10 Å². The Bertz CT molecular complexity index is 1540. The first-order chi connectivity index (χ1) is 18.5. The van der Waals surface area contributed by atoms with Gasteiger partial charge >= 0.3 is 0 Å². The van der Waals surface area contributed by atoms with E-state index in [9.17, 15) is 9.90 Å². The van der Waals surface area contributed by atoms with Crippen LogP contribution >= 0.6 is 24.8 Å². The van der Waals surface area contributed by atoms with E-state index in [-0.39, 0.29) is 36.9 Å². The highest BCUT2D eigenvalue weighted by molar-refractivity contribution is 5.87. The van der Waals surface area contributed by atoms with Crippen molar-refractivity contribution in [3.8, 4) is 17.5 Å². The van der Waals surface area contributed by atoms with E-state index in [4.69, 9.17) is 10.2 Å². The molecule has 0 amide bonds. The second-order valence-electron chi connectivity index (χ2n) is 9.80. The Labute approximate surface area is 246 Å². The number of fused-ring (bicyclic) bond motifs is 1. The summed E-state index contributed by atoms with van der Waals surface area (Å²) in [4.78, 5) is 28.7. The molecule has 9 nitrogen and oxygen atoms in total. The number of aromatic amines is 2. The van der Waals surface area contributed by atoms with Crippen LogP contribution in [0.25, 0.3) is 22.4 Å². The predicted octanol–water partition coefficient (Wildman–Crippen LogP) is 4.62. The molecule has 2 aromatic carbocycles. The number of aromatic nitrogens is 3. The highest BCUT2D eigenvalue weighted by Crippen LogP contribution is 2.30. The topological polar surface area (TPSA) is 124 Å². The predicted molar refractivity (Wildman–Crippen MR) is 165 cm³/mol. The number of aliphatic hydroxyl groups excluding tert-OH is 1. The van der Waals surface area contributed by atoms with Gasteiger partial charge in [-0.1, -0.05) is 19.1 Å². The van der Waals surface area contributed by atoms with E-state index >= 15 is 0 Å². The summed E-state index contributed by atoms with van der Waals surface area (Å²) in [5.74, 6) is 0.471.